The van der Waals surface area contributed by atoms with Gasteiger partial charge in [-0.3, -0.25) is 23.5 Å². The molecule has 1 aliphatic rings. The number of alkyl halides is 3. The normalized spacial score (nSPS) is 15.5. The van der Waals surface area contributed by atoms with Gasteiger partial charge in [-0.1, -0.05) is 30.3 Å². The zero-order chi connectivity index (χ0) is 28.5. The van der Waals surface area contributed by atoms with Gasteiger partial charge >= 0.3 is 17.8 Å². The number of aliphatic hydroxyl groups is 1. The number of amides is 1. The summed E-state index contributed by atoms with van der Waals surface area (Å²) in [5, 5.41) is 10.6. The van der Waals surface area contributed by atoms with E-state index in [1.807, 2.05) is 0 Å². The van der Waals surface area contributed by atoms with Crippen LogP contribution in [0.25, 0.3) is 10.2 Å². The highest BCUT2D eigenvalue weighted by Gasteiger charge is 2.32. The van der Waals surface area contributed by atoms with Gasteiger partial charge in [0.2, 0.25) is 0 Å². The van der Waals surface area contributed by atoms with E-state index in [2.05, 4.69) is 0 Å². The fourth-order valence-electron chi connectivity index (χ4n) is 4.70. The van der Waals surface area contributed by atoms with Gasteiger partial charge in [0.1, 0.15) is 10.9 Å². The lowest BCUT2D eigenvalue weighted by Gasteiger charge is -2.31. The van der Waals surface area contributed by atoms with Gasteiger partial charge in [-0.25, -0.2) is 4.79 Å². The molecule has 0 bridgehead atoms. The van der Waals surface area contributed by atoms with Crippen LogP contribution in [0.3, 0.4) is 0 Å². The Labute approximate surface area is 225 Å². The van der Waals surface area contributed by atoms with E-state index in [-0.39, 0.29) is 26.8 Å². The molecule has 210 valence electrons. The van der Waals surface area contributed by atoms with Gasteiger partial charge in [0.05, 0.1) is 29.3 Å². The predicted octanol–water partition coefficient (Wildman–Crippen LogP) is 3.39. The number of ether oxygens (including phenoxy) is 1. The quantitative estimate of drug-likeness (QED) is 0.439. The Balaban J connectivity index is 1.75. The fraction of sp³-hybridized carbons (Fsp3) is 0.462. The summed E-state index contributed by atoms with van der Waals surface area (Å²) in [6.45, 7) is 2.20. The van der Waals surface area contributed by atoms with Crippen LogP contribution in [0.1, 0.15) is 53.1 Å². The molecule has 0 radical (unpaired) electrons. The molecule has 1 atom stereocenters. The number of hydrogen-bond acceptors (Lipinski definition) is 7. The average Bonchev–Trinajstić information content (AvgIpc) is 3.22. The third-order valence-corrected chi connectivity index (χ3v) is 8.01. The molecular formula is C26H28F3N3O6S. The lowest BCUT2D eigenvalue weighted by molar-refractivity contribution is -0.148. The Bertz CT molecular complexity index is 1490. The van der Waals surface area contributed by atoms with Gasteiger partial charge in [-0.2, -0.15) is 13.2 Å². The number of esters is 1. The number of nitrogens with zero attached hydrogens (tertiary/aromatic N) is 3. The van der Waals surface area contributed by atoms with Crippen LogP contribution in [-0.4, -0.2) is 56.4 Å². The van der Waals surface area contributed by atoms with Crippen LogP contribution < -0.4 is 11.2 Å². The van der Waals surface area contributed by atoms with Crippen LogP contribution in [-0.2, 0) is 22.6 Å². The van der Waals surface area contributed by atoms with Crippen molar-refractivity contribution in [2.45, 2.75) is 64.6 Å². The van der Waals surface area contributed by atoms with Crippen molar-refractivity contribution in [3.8, 4) is 0 Å². The van der Waals surface area contributed by atoms with E-state index < -0.39 is 54.9 Å². The van der Waals surface area contributed by atoms with Crippen LogP contribution >= 0.6 is 11.3 Å². The molecule has 0 saturated carbocycles. The number of hydrogen-bond donors (Lipinski definition) is 1. The molecule has 3 heterocycles. The Morgan fingerprint density at radius 1 is 1.13 bits per heavy atom. The molecule has 1 fully saturated rings. The smallest absolute Gasteiger partial charge is 0.390 e. The van der Waals surface area contributed by atoms with Gasteiger partial charge in [0.25, 0.3) is 11.5 Å². The molecule has 0 spiro atoms. The standard InChI is InChI=1S/C26H28F3N3O6S/c1-15-20-22(35)32(14-19(34)17-6-4-3-5-7-17)25(37)31(13-10-26(27,28)29)24(20)39-21(15)23(36)30-11-8-18(9-12-30)38-16(2)33/h3-7,18-19,34H,8-14H2,1-2H3. The number of aliphatic hydroxyl groups excluding tert-OH is 1. The van der Waals surface area contributed by atoms with E-state index in [0.29, 0.717) is 31.5 Å². The van der Waals surface area contributed by atoms with E-state index in [1.54, 1.807) is 30.3 Å². The number of fused-ring (bicyclic) bond motifs is 1. The number of benzene rings is 1. The second-order valence-corrected chi connectivity index (χ2v) is 10.5. The summed E-state index contributed by atoms with van der Waals surface area (Å²) in [7, 11) is 0. The minimum absolute atomic E-state index is 0.0182. The van der Waals surface area contributed by atoms with Crippen molar-refractivity contribution in [1.29, 1.82) is 0 Å². The number of piperidine rings is 1. The molecule has 1 amide bonds. The molecule has 13 heteroatoms. The van der Waals surface area contributed by atoms with E-state index in [4.69, 9.17) is 4.74 Å². The number of aryl methyl sites for hydroxylation is 2. The SMILES string of the molecule is CC(=O)OC1CCN(C(=O)c2sc3c(c2C)c(=O)n(CC(O)c2ccccc2)c(=O)n3CCC(F)(F)F)CC1. The second kappa shape index (κ2) is 11.3. The monoisotopic (exact) mass is 567 g/mol. The third kappa shape index (κ3) is 6.25. The molecule has 39 heavy (non-hydrogen) atoms. The number of aromatic nitrogens is 2. The molecule has 0 aliphatic carbocycles. The van der Waals surface area contributed by atoms with E-state index in [1.165, 1.54) is 18.7 Å². The van der Waals surface area contributed by atoms with E-state index in [0.717, 1.165) is 20.5 Å². The summed E-state index contributed by atoms with van der Waals surface area (Å²) in [6, 6.07) is 8.27. The molecule has 1 unspecified atom stereocenters. The first kappa shape index (κ1) is 28.6. The Morgan fingerprint density at radius 3 is 2.36 bits per heavy atom. The minimum atomic E-state index is -4.56. The molecule has 1 N–H and O–H groups in total. The fourth-order valence-corrected chi connectivity index (χ4v) is 5.99. The first-order valence-corrected chi connectivity index (χ1v) is 13.2. The topological polar surface area (TPSA) is 111 Å². The number of carbonyl (C=O) groups is 2. The van der Waals surface area contributed by atoms with Gasteiger partial charge in [0.15, 0.2) is 0 Å². The van der Waals surface area contributed by atoms with Gasteiger partial charge in [0, 0.05) is 39.4 Å². The maximum absolute atomic E-state index is 13.5. The van der Waals surface area contributed by atoms with Crippen LogP contribution in [0.5, 0.6) is 0 Å². The van der Waals surface area contributed by atoms with Crippen molar-refractivity contribution in [2.75, 3.05) is 13.1 Å². The highest BCUT2D eigenvalue weighted by molar-refractivity contribution is 7.20. The number of carbonyl (C=O) groups excluding carboxylic acids is 2. The van der Waals surface area contributed by atoms with Crippen molar-refractivity contribution < 1.29 is 32.6 Å². The van der Waals surface area contributed by atoms with Crippen LogP contribution in [0.15, 0.2) is 39.9 Å². The van der Waals surface area contributed by atoms with Gasteiger partial charge in [-0.15, -0.1) is 11.3 Å². The first-order valence-electron chi connectivity index (χ1n) is 12.4. The first-order chi connectivity index (χ1) is 18.4. The lowest BCUT2D eigenvalue weighted by atomic mass is 10.1. The number of halogens is 3. The summed E-state index contributed by atoms with van der Waals surface area (Å²) in [5.41, 5.74) is -1.08. The van der Waals surface area contributed by atoms with Crippen LogP contribution in [0, 0.1) is 6.92 Å². The van der Waals surface area contributed by atoms with E-state index >= 15 is 0 Å². The molecule has 2 aromatic heterocycles. The molecule has 4 rings (SSSR count). The van der Waals surface area contributed by atoms with Crippen molar-refractivity contribution in [2.24, 2.45) is 0 Å². The number of rotatable bonds is 7. The van der Waals surface area contributed by atoms with Gasteiger partial charge < -0.3 is 14.7 Å². The zero-order valence-electron chi connectivity index (χ0n) is 21.4. The summed E-state index contributed by atoms with van der Waals surface area (Å²) in [4.78, 5) is 53.1. The molecular weight excluding hydrogens is 539 g/mol. The Kier molecular flexibility index (Phi) is 8.31. The zero-order valence-corrected chi connectivity index (χ0v) is 22.2. The lowest BCUT2D eigenvalue weighted by Crippen LogP contribution is -2.41. The maximum Gasteiger partial charge on any atom is 0.390 e. The number of thiophene rings is 1. The summed E-state index contributed by atoms with van der Waals surface area (Å²) >= 11 is 0.810. The van der Waals surface area contributed by atoms with Crippen molar-refractivity contribution in [3.63, 3.8) is 0 Å². The largest absolute Gasteiger partial charge is 0.462 e. The van der Waals surface area contributed by atoms with Gasteiger partial charge in [-0.05, 0) is 18.1 Å². The maximum atomic E-state index is 13.5. The van der Waals surface area contributed by atoms with Crippen molar-refractivity contribution in [1.82, 2.24) is 14.0 Å². The number of likely N-dealkylation sites (tertiary alicyclic amines) is 1. The van der Waals surface area contributed by atoms with Crippen LogP contribution in [0.4, 0.5) is 13.2 Å². The van der Waals surface area contributed by atoms with Crippen molar-refractivity contribution >= 4 is 33.4 Å². The summed E-state index contributed by atoms with van der Waals surface area (Å²) in [6.07, 6.45) is -6.60. The molecule has 1 aromatic carbocycles. The minimum Gasteiger partial charge on any atom is -0.462 e. The third-order valence-electron chi connectivity index (χ3n) is 6.71. The molecule has 3 aromatic rings. The highest BCUT2D eigenvalue weighted by Crippen LogP contribution is 2.31. The highest BCUT2D eigenvalue weighted by atomic mass is 32.1. The average molecular weight is 568 g/mol. The van der Waals surface area contributed by atoms with Crippen molar-refractivity contribution in [3.05, 3.63) is 67.2 Å². The summed E-state index contributed by atoms with van der Waals surface area (Å²) < 4.78 is 46.2. The molecule has 1 saturated heterocycles. The molecule has 9 nitrogen and oxygen atoms in total. The molecule has 1 aliphatic heterocycles. The Hall–Kier alpha value is -3.45. The Morgan fingerprint density at radius 2 is 1.77 bits per heavy atom. The summed E-state index contributed by atoms with van der Waals surface area (Å²) in [5.74, 6) is -0.828. The van der Waals surface area contributed by atoms with Crippen LogP contribution in [0.2, 0.25) is 0 Å². The second-order valence-electron chi connectivity index (χ2n) is 9.48. The predicted molar refractivity (Wildman–Crippen MR) is 138 cm³/mol. The van der Waals surface area contributed by atoms with E-state index in [9.17, 15) is 37.5 Å².